The highest BCUT2D eigenvalue weighted by molar-refractivity contribution is 7.88. The minimum atomic E-state index is -3.00. The van der Waals surface area contributed by atoms with Crippen LogP contribution in [0.2, 0.25) is 0 Å². The molecule has 0 N–H and O–H groups in total. The molecule has 80 valence electrons. The van der Waals surface area contributed by atoms with Crippen molar-refractivity contribution in [2.45, 2.75) is 33.6 Å². The minimum absolute atomic E-state index is 0.395. The molecule has 0 atom stereocenters. The van der Waals surface area contributed by atoms with E-state index >= 15 is 0 Å². The van der Waals surface area contributed by atoms with E-state index in [4.69, 9.17) is 0 Å². The summed E-state index contributed by atoms with van der Waals surface area (Å²) in [4.78, 5) is 0. The second kappa shape index (κ2) is 5.60. The van der Waals surface area contributed by atoms with Gasteiger partial charge in [0.2, 0.25) is 10.0 Å². The first-order valence-corrected chi connectivity index (χ1v) is 6.67. The Balaban J connectivity index is 4.21. The molecule has 0 heterocycles. The van der Waals surface area contributed by atoms with Gasteiger partial charge in [-0.2, -0.15) is 0 Å². The number of hydrogen-bond donors (Lipinski definition) is 0. The molecule has 0 aromatic carbocycles. The number of sulfonamides is 1. The van der Waals surface area contributed by atoms with E-state index in [1.54, 1.807) is 4.31 Å². The normalized spacial score (nSPS) is 12.8. The molecular weight excluding hydrogens is 186 g/mol. The molecule has 0 unspecified atom stereocenters. The van der Waals surface area contributed by atoms with Crippen LogP contribution in [0.1, 0.15) is 33.6 Å². The molecule has 0 bridgehead atoms. The van der Waals surface area contributed by atoms with Gasteiger partial charge in [0, 0.05) is 13.1 Å². The Labute approximate surface area is 82.2 Å². The van der Waals surface area contributed by atoms with Crippen LogP contribution in [0.3, 0.4) is 0 Å². The van der Waals surface area contributed by atoms with Gasteiger partial charge >= 0.3 is 0 Å². The van der Waals surface area contributed by atoms with Gasteiger partial charge in [-0.05, 0) is 12.3 Å². The lowest BCUT2D eigenvalue weighted by Crippen LogP contribution is -2.34. The number of nitrogens with zero attached hydrogens (tertiary/aromatic N) is 1. The van der Waals surface area contributed by atoms with Crippen LogP contribution in [-0.4, -0.2) is 32.1 Å². The van der Waals surface area contributed by atoms with Gasteiger partial charge in [-0.1, -0.05) is 27.2 Å². The first kappa shape index (κ1) is 12.9. The van der Waals surface area contributed by atoms with Gasteiger partial charge in [0.15, 0.2) is 0 Å². The van der Waals surface area contributed by atoms with Crippen LogP contribution in [0.4, 0.5) is 0 Å². The maximum atomic E-state index is 11.3. The van der Waals surface area contributed by atoms with Gasteiger partial charge in [0.1, 0.15) is 0 Å². The fourth-order valence-electron chi connectivity index (χ4n) is 1.13. The van der Waals surface area contributed by atoms with E-state index < -0.39 is 10.0 Å². The van der Waals surface area contributed by atoms with E-state index in [1.807, 2.05) is 13.8 Å². The predicted molar refractivity (Wildman–Crippen MR) is 56.2 cm³/mol. The first-order valence-electron chi connectivity index (χ1n) is 4.83. The summed E-state index contributed by atoms with van der Waals surface area (Å²) in [5, 5.41) is 0. The van der Waals surface area contributed by atoms with Gasteiger partial charge in [-0.3, -0.25) is 0 Å². The quantitative estimate of drug-likeness (QED) is 0.665. The average Bonchev–Trinajstić information content (AvgIpc) is 1.95. The lowest BCUT2D eigenvalue weighted by atomic mass is 10.2. The Morgan fingerprint density at radius 2 is 1.85 bits per heavy atom. The van der Waals surface area contributed by atoms with Crippen molar-refractivity contribution < 1.29 is 8.42 Å². The number of rotatable bonds is 6. The summed E-state index contributed by atoms with van der Waals surface area (Å²) in [6.07, 6.45) is 3.26. The third kappa shape index (κ3) is 6.05. The van der Waals surface area contributed by atoms with Gasteiger partial charge in [0.05, 0.1) is 6.26 Å². The SMILES string of the molecule is CCCCN(CC(C)C)S(C)(=O)=O. The highest BCUT2D eigenvalue weighted by Crippen LogP contribution is 2.05. The van der Waals surface area contributed by atoms with E-state index in [1.165, 1.54) is 6.26 Å². The van der Waals surface area contributed by atoms with E-state index in [9.17, 15) is 8.42 Å². The third-order valence-corrected chi connectivity index (χ3v) is 3.07. The highest BCUT2D eigenvalue weighted by atomic mass is 32.2. The molecule has 0 aromatic heterocycles. The second-order valence-electron chi connectivity index (χ2n) is 3.87. The zero-order chi connectivity index (χ0) is 10.5. The maximum Gasteiger partial charge on any atom is 0.211 e. The molecular formula is C9H21NO2S. The molecule has 0 radical (unpaired) electrons. The molecule has 0 fully saturated rings. The predicted octanol–water partition coefficient (Wildman–Crippen LogP) is 1.70. The molecule has 0 spiro atoms. The Morgan fingerprint density at radius 1 is 1.31 bits per heavy atom. The zero-order valence-electron chi connectivity index (χ0n) is 9.08. The molecule has 0 aliphatic heterocycles. The third-order valence-electron chi connectivity index (χ3n) is 1.80. The summed E-state index contributed by atoms with van der Waals surface area (Å²) < 4.78 is 24.2. The molecule has 0 saturated carbocycles. The standard InChI is InChI=1S/C9H21NO2S/c1-5-6-7-10(8-9(2)3)13(4,11)12/h9H,5-8H2,1-4H3. The van der Waals surface area contributed by atoms with Crippen LogP contribution in [0.5, 0.6) is 0 Å². The van der Waals surface area contributed by atoms with Crippen LogP contribution in [0.15, 0.2) is 0 Å². The van der Waals surface area contributed by atoms with E-state index in [-0.39, 0.29) is 0 Å². The molecule has 3 nitrogen and oxygen atoms in total. The largest absolute Gasteiger partial charge is 0.213 e. The summed E-state index contributed by atoms with van der Waals surface area (Å²) >= 11 is 0. The lowest BCUT2D eigenvalue weighted by Gasteiger charge is -2.21. The Bertz CT molecular complexity index is 222. The topological polar surface area (TPSA) is 37.4 Å². The van der Waals surface area contributed by atoms with Crippen LogP contribution in [0.25, 0.3) is 0 Å². The summed E-state index contributed by atoms with van der Waals surface area (Å²) in [5.41, 5.74) is 0. The molecule has 0 amide bonds. The average molecular weight is 207 g/mol. The number of unbranched alkanes of at least 4 members (excludes halogenated alkanes) is 1. The molecule has 0 saturated heterocycles. The monoisotopic (exact) mass is 207 g/mol. The lowest BCUT2D eigenvalue weighted by molar-refractivity contribution is 0.364. The van der Waals surface area contributed by atoms with E-state index in [0.29, 0.717) is 19.0 Å². The van der Waals surface area contributed by atoms with Gasteiger partial charge in [-0.15, -0.1) is 0 Å². The van der Waals surface area contributed by atoms with Crippen LogP contribution >= 0.6 is 0 Å². The second-order valence-corrected chi connectivity index (χ2v) is 5.85. The Kier molecular flexibility index (Phi) is 5.56. The minimum Gasteiger partial charge on any atom is -0.213 e. The van der Waals surface area contributed by atoms with Crippen molar-refractivity contribution in [1.82, 2.24) is 4.31 Å². The van der Waals surface area contributed by atoms with E-state index in [0.717, 1.165) is 12.8 Å². The molecule has 4 heteroatoms. The van der Waals surface area contributed by atoms with Crippen molar-refractivity contribution in [3.63, 3.8) is 0 Å². The molecule has 0 rings (SSSR count). The highest BCUT2D eigenvalue weighted by Gasteiger charge is 2.16. The van der Waals surface area contributed by atoms with Crippen molar-refractivity contribution in [2.24, 2.45) is 5.92 Å². The zero-order valence-corrected chi connectivity index (χ0v) is 9.89. The summed E-state index contributed by atoms with van der Waals surface area (Å²) in [7, 11) is -3.00. The molecule has 13 heavy (non-hydrogen) atoms. The molecule has 0 aromatic rings. The smallest absolute Gasteiger partial charge is 0.211 e. The summed E-state index contributed by atoms with van der Waals surface area (Å²) in [6, 6.07) is 0. The van der Waals surface area contributed by atoms with Gasteiger partial charge in [0.25, 0.3) is 0 Å². The summed E-state index contributed by atoms with van der Waals surface area (Å²) in [6.45, 7) is 7.43. The number of hydrogen-bond acceptors (Lipinski definition) is 2. The molecule has 0 aliphatic carbocycles. The molecule has 0 aliphatic rings. The summed E-state index contributed by atoms with van der Waals surface area (Å²) in [5.74, 6) is 0.395. The Morgan fingerprint density at radius 3 is 2.15 bits per heavy atom. The van der Waals surface area contributed by atoms with Gasteiger partial charge in [-0.25, -0.2) is 12.7 Å². The van der Waals surface area contributed by atoms with Crippen LogP contribution < -0.4 is 0 Å². The fourth-order valence-corrected chi connectivity index (χ4v) is 2.16. The van der Waals surface area contributed by atoms with Crippen molar-refractivity contribution in [3.8, 4) is 0 Å². The van der Waals surface area contributed by atoms with Gasteiger partial charge < -0.3 is 0 Å². The Hall–Kier alpha value is -0.0900. The van der Waals surface area contributed by atoms with Crippen molar-refractivity contribution >= 4 is 10.0 Å². The van der Waals surface area contributed by atoms with Crippen LogP contribution in [0, 0.1) is 5.92 Å². The van der Waals surface area contributed by atoms with Crippen LogP contribution in [-0.2, 0) is 10.0 Å². The van der Waals surface area contributed by atoms with Crippen molar-refractivity contribution in [3.05, 3.63) is 0 Å². The maximum absolute atomic E-state index is 11.3. The van der Waals surface area contributed by atoms with Crippen molar-refractivity contribution in [1.29, 1.82) is 0 Å². The first-order chi connectivity index (χ1) is 5.88. The fraction of sp³-hybridized carbons (Fsp3) is 1.00. The van der Waals surface area contributed by atoms with Crippen molar-refractivity contribution in [2.75, 3.05) is 19.3 Å². The van der Waals surface area contributed by atoms with E-state index in [2.05, 4.69) is 6.92 Å².